The van der Waals surface area contributed by atoms with Gasteiger partial charge in [-0.2, -0.15) is 0 Å². The van der Waals surface area contributed by atoms with Crippen molar-refractivity contribution in [2.75, 3.05) is 19.8 Å². The first-order valence-corrected chi connectivity index (χ1v) is 5.32. The summed E-state index contributed by atoms with van der Waals surface area (Å²) in [5.74, 6) is 1.41. The molecule has 2 aliphatic heterocycles. The number of carbonyl (C=O) groups is 1. The molecule has 2 aliphatic rings. The predicted octanol–water partition coefficient (Wildman–Crippen LogP) is 1.35. The van der Waals surface area contributed by atoms with E-state index in [0.717, 1.165) is 11.3 Å². The second kappa shape index (κ2) is 3.49. The van der Waals surface area contributed by atoms with Gasteiger partial charge >= 0.3 is 0 Å². The molecule has 84 valence electrons. The topological polar surface area (TPSA) is 48.1 Å². The van der Waals surface area contributed by atoms with E-state index in [1.807, 2.05) is 13.0 Å². The van der Waals surface area contributed by atoms with E-state index in [9.17, 15) is 4.79 Å². The second-order valence-corrected chi connectivity index (χ2v) is 4.00. The Labute approximate surface area is 93.1 Å². The highest BCUT2D eigenvalue weighted by atomic mass is 16.6. The minimum absolute atomic E-state index is 0.0365. The monoisotopic (exact) mass is 220 g/mol. The molecule has 1 atom stereocenters. The van der Waals surface area contributed by atoms with Crippen molar-refractivity contribution in [1.82, 2.24) is 0 Å². The molecule has 0 saturated carbocycles. The van der Waals surface area contributed by atoms with Crippen LogP contribution in [0.2, 0.25) is 0 Å². The molecule has 4 nitrogen and oxygen atoms in total. The fourth-order valence-electron chi connectivity index (χ4n) is 1.83. The van der Waals surface area contributed by atoms with Gasteiger partial charge in [0.05, 0.1) is 6.61 Å². The zero-order valence-electron chi connectivity index (χ0n) is 8.99. The number of hydrogen-bond acceptors (Lipinski definition) is 4. The zero-order chi connectivity index (χ0) is 11.1. The van der Waals surface area contributed by atoms with Crippen LogP contribution < -0.4 is 9.47 Å². The molecule has 1 aromatic carbocycles. The molecule has 0 aliphatic carbocycles. The van der Waals surface area contributed by atoms with E-state index in [-0.39, 0.29) is 11.9 Å². The van der Waals surface area contributed by atoms with Crippen molar-refractivity contribution >= 4 is 5.78 Å². The molecular weight excluding hydrogens is 208 g/mol. The van der Waals surface area contributed by atoms with Crippen LogP contribution in [0.15, 0.2) is 12.1 Å². The average molecular weight is 220 g/mol. The fraction of sp³-hybridized carbons (Fsp3) is 0.417. The number of carbonyl (C=O) groups excluding carboxylic acids is 1. The highest BCUT2D eigenvalue weighted by Gasteiger charge is 2.33. The maximum Gasteiger partial charge on any atom is 0.194 e. The minimum atomic E-state index is -0.249. The van der Waals surface area contributed by atoms with Crippen molar-refractivity contribution in [1.29, 1.82) is 0 Å². The van der Waals surface area contributed by atoms with Crippen LogP contribution >= 0.6 is 0 Å². The normalized spacial score (nSPS) is 21.7. The predicted molar refractivity (Wildman–Crippen MR) is 56.2 cm³/mol. The molecule has 0 N–H and O–H groups in total. The number of fused-ring (bicyclic) bond motifs is 1. The average Bonchev–Trinajstić information content (AvgIpc) is 3.11. The van der Waals surface area contributed by atoms with Gasteiger partial charge in [0, 0.05) is 5.56 Å². The Balaban J connectivity index is 2.01. The van der Waals surface area contributed by atoms with Crippen molar-refractivity contribution in [3.63, 3.8) is 0 Å². The lowest BCUT2D eigenvalue weighted by Crippen LogP contribution is -2.17. The Bertz CT molecular complexity index is 449. The number of ether oxygens (including phenoxy) is 3. The third kappa shape index (κ3) is 1.55. The first-order chi connectivity index (χ1) is 7.75. The summed E-state index contributed by atoms with van der Waals surface area (Å²) in [5, 5.41) is 0. The molecule has 2 heterocycles. The van der Waals surface area contributed by atoms with Crippen molar-refractivity contribution in [3.8, 4) is 11.5 Å². The van der Waals surface area contributed by atoms with Gasteiger partial charge in [0.2, 0.25) is 0 Å². The van der Waals surface area contributed by atoms with Crippen LogP contribution in [0.1, 0.15) is 15.9 Å². The summed E-state index contributed by atoms with van der Waals surface area (Å²) in [6.07, 6.45) is -0.249. The van der Waals surface area contributed by atoms with Crippen molar-refractivity contribution in [2.24, 2.45) is 0 Å². The fourth-order valence-corrected chi connectivity index (χ4v) is 1.83. The van der Waals surface area contributed by atoms with E-state index < -0.39 is 0 Å². The third-order valence-electron chi connectivity index (χ3n) is 2.78. The molecule has 1 unspecified atom stereocenters. The smallest absolute Gasteiger partial charge is 0.194 e. The Morgan fingerprint density at radius 1 is 1.25 bits per heavy atom. The summed E-state index contributed by atoms with van der Waals surface area (Å²) in [6, 6.07) is 3.61. The number of epoxide rings is 1. The van der Waals surface area contributed by atoms with Crippen molar-refractivity contribution < 1.29 is 19.0 Å². The molecule has 4 heteroatoms. The van der Waals surface area contributed by atoms with Gasteiger partial charge in [0.25, 0.3) is 0 Å². The number of benzene rings is 1. The van der Waals surface area contributed by atoms with E-state index in [1.54, 1.807) is 6.07 Å². The molecule has 1 saturated heterocycles. The van der Waals surface area contributed by atoms with Gasteiger partial charge in [-0.3, -0.25) is 4.79 Å². The highest BCUT2D eigenvalue weighted by molar-refractivity contribution is 6.02. The molecule has 3 rings (SSSR count). The highest BCUT2D eigenvalue weighted by Crippen LogP contribution is 2.34. The Morgan fingerprint density at radius 3 is 2.50 bits per heavy atom. The van der Waals surface area contributed by atoms with Crippen LogP contribution in [-0.4, -0.2) is 31.7 Å². The first kappa shape index (κ1) is 9.66. The van der Waals surface area contributed by atoms with Crippen LogP contribution in [0.5, 0.6) is 11.5 Å². The summed E-state index contributed by atoms with van der Waals surface area (Å²) in [5.41, 5.74) is 1.58. The largest absolute Gasteiger partial charge is 0.486 e. The molecule has 0 amide bonds. The SMILES string of the molecule is Cc1cc2c(cc1C(=O)C1CO1)OCCO2. The summed E-state index contributed by atoms with van der Waals surface area (Å²) in [6.45, 7) is 3.52. The van der Waals surface area contributed by atoms with E-state index >= 15 is 0 Å². The molecule has 0 spiro atoms. The third-order valence-corrected chi connectivity index (χ3v) is 2.78. The molecule has 0 bridgehead atoms. The lowest BCUT2D eigenvalue weighted by atomic mass is 10.0. The lowest BCUT2D eigenvalue weighted by molar-refractivity contribution is 0.0952. The Hall–Kier alpha value is -1.55. The van der Waals surface area contributed by atoms with Crippen LogP contribution in [0.3, 0.4) is 0 Å². The van der Waals surface area contributed by atoms with Gasteiger partial charge in [0.15, 0.2) is 17.3 Å². The minimum Gasteiger partial charge on any atom is -0.486 e. The second-order valence-electron chi connectivity index (χ2n) is 4.00. The molecule has 1 fully saturated rings. The summed E-state index contributed by atoms with van der Waals surface area (Å²) in [4.78, 5) is 11.9. The van der Waals surface area contributed by atoms with Crippen LogP contribution in [-0.2, 0) is 4.74 Å². The quantitative estimate of drug-likeness (QED) is 0.557. The van der Waals surface area contributed by atoms with E-state index in [2.05, 4.69) is 0 Å². The van der Waals surface area contributed by atoms with Gasteiger partial charge in [-0.25, -0.2) is 0 Å². The van der Waals surface area contributed by atoms with E-state index in [4.69, 9.17) is 14.2 Å². The standard InChI is InChI=1S/C12H12O4/c1-7-4-9-10(15-3-2-14-9)5-8(7)12(13)11-6-16-11/h4-5,11H,2-3,6H2,1H3. The molecule has 0 aromatic heterocycles. The molecular formula is C12H12O4. The number of hydrogen-bond donors (Lipinski definition) is 0. The number of ketones is 1. The van der Waals surface area contributed by atoms with Crippen LogP contribution in [0.25, 0.3) is 0 Å². The molecule has 0 radical (unpaired) electrons. The van der Waals surface area contributed by atoms with E-state index in [1.165, 1.54) is 0 Å². The Morgan fingerprint density at radius 2 is 1.88 bits per heavy atom. The van der Waals surface area contributed by atoms with Gasteiger partial charge in [0.1, 0.15) is 19.3 Å². The summed E-state index contributed by atoms with van der Waals surface area (Å²) < 4.78 is 15.9. The zero-order valence-corrected chi connectivity index (χ0v) is 8.99. The maximum atomic E-state index is 11.9. The summed E-state index contributed by atoms with van der Waals surface area (Å²) >= 11 is 0. The maximum absolute atomic E-state index is 11.9. The number of Topliss-reactive ketones (excluding diaryl/α,β-unsaturated/α-hetero) is 1. The first-order valence-electron chi connectivity index (χ1n) is 5.32. The van der Waals surface area contributed by atoms with Crippen LogP contribution in [0, 0.1) is 6.92 Å². The van der Waals surface area contributed by atoms with Crippen LogP contribution in [0.4, 0.5) is 0 Å². The van der Waals surface area contributed by atoms with Gasteiger partial charge < -0.3 is 14.2 Å². The van der Waals surface area contributed by atoms with Gasteiger partial charge in [-0.05, 0) is 24.6 Å². The van der Waals surface area contributed by atoms with E-state index in [0.29, 0.717) is 31.1 Å². The number of aryl methyl sites for hydroxylation is 1. The number of rotatable bonds is 2. The molecule has 1 aromatic rings. The Kier molecular flexibility index (Phi) is 2.11. The molecule has 16 heavy (non-hydrogen) atoms. The summed E-state index contributed by atoms with van der Waals surface area (Å²) in [7, 11) is 0. The van der Waals surface area contributed by atoms with Gasteiger partial charge in [-0.15, -0.1) is 0 Å². The van der Waals surface area contributed by atoms with Crippen molar-refractivity contribution in [2.45, 2.75) is 13.0 Å². The lowest BCUT2D eigenvalue weighted by Gasteiger charge is -2.19. The van der Waals surface area contributed by atoms with Gasteiger partial charge in [-0.1, -0.05) is 0 Å². The van der Waals surface area contributed by atoms with Crippen molar-refractivity contribution in [3.05, 3.63) is 23.3 Å².